The molecule has 0 saturated carbocycles. The van der Waals surface area contributed by atoms with E-state index in [1.807, 2.05) is 68.4 Å². The van der Waals surface area contributed by atoms with E-state index in [1.165, 1.54) is 6.92 Å². The first-order chi connectivity index (χ1) is 14.3. The smallest absolute Gasteiger partial charge is 0.303 e. The number of anilines is 1. The van der Waals surface area contributed by atoms with Crippen molar-refractivity contribution in [3.05, 3.63) is 53.6 Å². The number of ether oxygens (including phenoxy) is 2. The van der Waals surface area contributed by atoms with Gasteiger partial charge < -0.3 is 19.3 Å². The van der Waals surface area contributed by atoms with Gasteiger partial charge in [0.1, 0.15) is 5.75 Å². The number of carbonyl (C=O) groups excluding carboxylic acids is 2. The number of likely N-dealkylation sites (N-methyl/N-ethyl adjacent to an activating group) is 1. The zero-order chi connectivity index (χ0) is 21.8. The molecule has 2 aromatic rings. The number of esters is 1. The Kier molecular flexibility index (Phi) is 7.05. The first kappa shape index (κ1) is 22.2. The molecular formula is C23H28N2O4S. The Balaban J connectivity index is 2.11. The van der Waals surface area contributed by atoms with Gasteiger partial charge in [-0.1, -0.05) is 24.3 Å². The minimum atomic E-state index is -0.921. The highest BCUT2D eigenvalue weighted by molar-refractivity contribution is 7.99. The molecule has 1 aliphatic rings. The highest BCUT2D eigenvalue weighted by Gasteiger charge is 2.41. The summed E-state index contributed by atoms with van der Waals surface area (Å²) in [5, 5.41) is -0.364. The molecule has 0 bridgehead atoms. The molecule has 0 saturated heterocycles. The number of aryl methyl sites for hydroxylation is 1. The van der Waals surface area contributed by atoms with E-state index in [9.17, 15) is 9.59 Å². The number of methoxy groups -OCH3 is 1. The summed E-state index contributed by atoms with van der Waals surface area (Å²) in [7, 11) is 5.56. The molecule has 6 nitrogen and oxygen atoms in total. The summed E-state index contributed by atoms with van der Waals surface area (Å²) in [6.07, 6.45) is -0.921. The topological polar surface area (TPSA) is 59.1 Å². The SMILES string of the molecule is COc1ccc([C@H]2Sc3cccc(C)c3N(CCN(C)C)C(=O)[C@H]2OC(C)=O)cc1. The van der Waals surface area contributed by atoms with E-state index in [2.05, 4.69) is 0 Å². The van der Waals surface area contributed by atoms with Crippen molar-refractivity contribution in [2.45, 2.75) is 30.1 Å². The maximum Gasteiger partial charge on any atom is 0.303 e. The van der Waals surface area contributed by atoms with Crippen LogP contribution in [0.3, 0.4) is 0 Å². The average molecular weight is 429 g/mol. The molecule has 1 aliphatic heterocycles. The molecule has 30 heavy (non-hydrogen) atoms. The third-order valence-corrected chi connectivity index (χ3v) is 6.37. The molecule has 1 heterocycles. The molecule has 0 spiro atoms. The number of fused-ring (bicyclic) bond motifs is 1. The summed E-state index contributed by atoms with van der Waals surface area (Å²) in [5.41, 5.74) is 2.81. The van der Waals surface area contributed by atoms with Gasteiger partial charge in [-0.25, -0.2) is 0 Å². The minimum Gasteiger partial charge on any atom is -0.497 e. The first-order valence-electron chi connectivity index (χ1n) is 9.85. The van der Waals surface area contributed by atoms with Crippen molar-refractivity contribution in [1.29, 1.82) is 0 Å². The second-order valence-corrected chi connectivity index (χ2v) is 8.74. The van der Waals surface area contributed by atoms with Crippen LogP contribution in [0, 0.1) is 6.92 Å². The molecule has 7 heteroatoms. The summed E-state index contributed by atoms with van der Waals surface area (Å²) in [4.78, 5) is 30.4. The molecule has 3 rings (SSSR count). The number of hydrogen-bond donors (Lipinski definition) is 0. The summed E-state index contributed by atoms with van der Waals surface area (Å²) in [5.74, 6) is 0.0627. The van der Waals surface area contributed by atoms with Gasteiger partial charge in [-0.15, -0.1) is 11.8 Å². The van der Waals surface area contributed by atoms with E-state index < -0.39 is 12.1 Å². The largest absolute Gasteiger partial charge is 0.497 e. The molecule has 0 N–H and O–H groups in total. The van der Waals surface area contributed by atoms with Gasteiger partial charge >= 0.3 is 5.97 Å². The van der Waals surface area contributed by atoms with Gasteiger partial charge in [0.05, 0.1) is 18.0 Å². The van der Waals surface area contributed by atoms with Crippen LogP contribution in [0.5, 0.6) is 5.75 Å². The zero-order valence-corrected chi connectivity index (χ0v) is 18.9. The third kappa shape index (κ3) is 4.79. The van der Waals surface area contributed by atoms with E-state index in [-0.39, 0.29) is 11.2 Å². The molecule has 160 valence electrons. The van der Waals surface area contributed by atoms with Gasteiger partial charge in [0.25, 0.3) is 5.91 Å². The van der Waals surface area contributed by atoms with Crippen LogP contribution in [0.4, 0.5) is 5.69 Å². The summed E-state index contributed by atoms with van der Waals surface area (Å²) in [6, 6.07) is 13.6. The quantitative estimate of drug-likeness (QED) is 0.655. The maximum atomic E-state index is 13.7. The fraction of sp³-hybridized carbons (Fsp3) is 0.391. The van der Waals surface area contributed by atoms with Gasteiger partial charge in [0, 0.05) is 24.9 Å². The molecule has 1 amide bonds. The lowest BCUT2D eigenvalue weighted by Gasteiger charge is -2.29. The number of hydrogen-bond acceptors (Lipinski definition) is 6. The molecule has 0 fully saturated rings. The van der Waals surface area contributed by atoms with Crippen molar-refractivity contribution < 1.29 is 19.1 Å². The van der Waals surface area contributed by atoms with Crippen LogP contribution in [-0.2, 0) is 14.3 Å². The normalized spacial score (nSPS) is 18.7. The molecule has 0 aromatic heterocycles. The molecular weight excluding hydrogens is 400 g/mol. The minimum absolute atomic E-state index is 0.201. The van der Waals surface area contributed by atoms with Gasteiger partial charge in [0.15, 0.2) is 6.10 Å². The Bertz CT molecular complexity index is 914. The van der Waals surface area contributed by atoms with E-state index in [1.54, 1.807) is 23.8 Å². The van der Waals surface area contributed by atoms with E-state index in [0.29, 0.717) is 13.1 Å². The second kappa shape index (κ2) is 9.53. The van der Waals surface area contributed by atoms with Crippen molar-refractivity contribution in [3.8, 4) is 5.75 Å². The van der Waals surface area contributed by atoms with Crippen LogP contribution in [0.1, 0.15) is 23.3 Å². The lowest BCUT2D eigenvalue weighted by molar-refractivity contribution is -0.152. The monoisotopic (exact) mass is 428 g/mol. The maximum absolute atomic E-state index is 13.7. The highest BCUT2D eigenvalue weighted by Crippen LogP contribution is 2.47. The van der Waals surface area contributed by atoms with Gasteiger partial charge in [-0.05, 0) is 50.3 Å². The predicted molar refractivity (Wildman–Crippen MR) is 119 cm³/mol. The van der Waals surface area contributed by atoms with Crippen molar-refractivity contribution in [2.75, 3.05) is 39.2 Å². The standard InChI is InChI=1S/C23H28N2O4S/c1-15-7-6-8-19-20(15)25(14-13-24(3)4)23(27)21(29-16(2)26)22(30-19)17-9-11-18(28-5)12-10-17/h6-12,21-22H,13-14H2,1-5H3/t21-,22+/m0/s1. The van der Waals surface area contributed by atoms with Crippen LogP contribution in [0.25, 0.3) is 0 Å². The molecule has 0 radical (unpaired) electrons. The zero-order valence-electron chi connectivity index (χ0n) is 18.0. The highest BCUT2D eigenvalue weighted by atomic mass is 32.2. The van der Waals surface area contributed by atoms with Crippen LogP contribution in [0.15, 0.2) is 47.4 Å². The number of carbonyl (C=O) groups is 2. The lowest BCUT2D eigenvalue weighted by atomic mass is 10.0. The Morgan fingerprint density at radius 3 is 2.47 bits per heavy atom. The van der Waals surface area contributed by atoms with Crippen molar-refractivity contribution >= 4 is 29.3 Å². The van der Waals surface area contributed by atoms with Crippen LogP contribution >= 0.6 is 11.8 Å². The van der Waals surface area contributed by atoms with Gasteiger partial charge in [-0.2, -0.15) is 0 Å². The fourth-order valence-corrected chi connectivity index (χ4v) is 4.92. The number of benzene rings is 2. The van der Waals surface area contributed by atoms with Crippen LogP contribution < -0.4 is 9.64 Å². The van der Waals surface area contributed by atoms with E-state index in [0.717, 1.165) is 27.5 Å². The van der Waals surface area contributed by atoms with Crippen molar-refractivity contribution in [3.63, 3.8) is 0 Å². The van der Waals surface area contributed by atoms with E-state index in [4.69, 9.17) is 9.47 Å². The number of thioether (sulfide) groups is 1. The fourth-order valence-electron chi connectivity index (χ4n) is 3.51. The predicted octanol–water partition coefficient (Wildman–Crippen LogP) is 3.68. The first-order valence-corrected chi connectivity index (χ1v) is 10.7. The number of para-hydroxylation sites is 1. The summed E-state index contributed by atoms with van der Waals surface area (Å²) in [6.45, 7) is 4.56. The Labute approximate surface area is 182 Å². The van der Waals surface area contributed by atoms with Gasteiger partial charge in [-0.3, -0.25) is 9.59 Å². The number of amides is 1. The number of nitrogens with zero attached hydrogens (tertiary/aromatic N) is 2. The van der Waals surface area contributed by atoms with Crippen molar-refractivity contribution in [2.24, 2.45) is 0 Å². The average Bonchev–Trinajstić information content (AvgIpc) is 2.82. The van der Waals surface area contributed by atoms with E-state index >= 15 is 0 Å². The van der Waals surface area contributed by atoms with Crippen LogP contribution in [0.2, 0.25) is 0 Å². The Morgan fingerprint density at radius 2 is 1.87 bits per heavy atom. The van der Waals surface area contributed by atoms with Crippen molar-refractivity contribution in [1.82, 2.24) is 4.90 Å². The number of rotatable bonds is 6. The third-order valence-electron chi connectivity index (χ3n) is 5.02. The molecule has 0 unspecified atom stereocenters. The second-order valence-electron chi connectivity index (χ2n) is 7.56. The summed E-state index contributed by atoms with van der Waals surface area (Å²) < 4.78 is 10.9. The Hall–Kier alpha value is -2.51. The summed E-state index contributed by atoms with van der Waals surface area (Å²) >= 11 is 1.56. The lowest BCUT2D eigenvalue weighted by Crippen LogP contribution is -2.45. The van der Waals surface area contributed by atoms with Crippen LogP contribution in [-0.4, -0.2) is 57.2 Å². The Morgan fingerprint density at radius 1 is 1.17 bits per heavy atom. The van der Waals surface area contributed by atoms with Gasteiger partial charge in [0.2, 0.25) is 0 Å². The molecule has 0 aliphatic carbocycles. The molecule has 2 aromatic carbocycles. The molecule has 2 atom stereocenters.